The van der Waals surface area contributed by atoms with Crippen LogP contribution in [0.2, 0.25) is 0 Å². The third-order valence-corrected chi connectivity index (χ3v) is 1.96. The standard InChI is InChI=1S/C7H16N2O/c8-7-2-1-3-9(6-7)4-5-10/h7,10H,1-6,8H2/t7-/m0/s1. The van der Waals surface area contributed by atoms with Gasteiger partial charge in [0.05, 0.1) is 6.61 Å². The van der Waals surface area contributed by atoms with Gasteiger partial charge in [-0.15, -0.1) is 0 Å². The molecular formula is C7H16N2O. The van der Waals surface area contributed by atoms with Gasteiger partial charge in [0.2, 0.25) is 0 Å². The minimum atomic E-state index is 0.257. The molecule has 0 aliphatic carbocycles. The number of β-amino-alcohol motifs (C(OH)–C–C–N with tert-alkyl or cyclic N) is 1. The summed E-state index contributed by atoms with van der Waals surface area (Å²) < 4.78 is 0. The van der Waals surface area contributed by atoms with E-state index >= 15 is 0 Å². The number of nitrogens with zero attached hydrogens (tertiary/aromatic N) is 1. The van der Waals surface area contributed by atoms with Crippen molar-refractivity contribution >= 4 is 0 Å². The number of hydrogen-bond acceptors (Lipinski definition) is 3. The molecule has 0 bridgehead atoms. The molecule has 1 aliphatic rings. The summed E-state index contributed by atoms with van der Waals surface area (Å²) in [4.78, 5) is 2.22. The van der Waals surface area contributed by atoms with Crippen LogP contribution in [-0.4, -0.2) is 42.3 Å². The molecule has 0 radical (unpaired) electrons. The third-order valence-electron chi connectivity index (χ3n) is 1.96. The highest BCUT2D eigenvalue weighted by molar-refractivity contribution is 4.74. The molecule has 60 valence electrons. The van der Waals surface area contributed by atoms with E-state index in [4.69, 9.17) is 10.8 Å². The van der Waals surface area contributed by atoms with Crippen LogP contribution < -0.4 is 5.73 Å². The van der Waals surface area contributed by atoms with E-state index in [2.05, 4.69) is 4.90 Å². The van der Waals surface area contributed by atoms with Crippen LogP contribution in [0.25, 0.3) is 0 Å². The second-order valence-electron chi connectivity index (χ2n) is 2.93. The van der Waals surface area contributed by atoms with Crippen LogP contribution in [0.1, 0.15) is 12.8 Å². The first-order chi connectivity index (χ1) is 4.83. The number of rotatable bonds is 2. The van der Waals surface area contributed by atoms with Crippen LogP contribution in [0.5, 0.6) is 0 Å². The summed E-state index contributed by atoms with van der Waals surface area (Å²) >= 11 is 0. The molecule has 0 spiro atoms. The van der Waals surface area contributed by atoms with Gasteiger partial charge in [-0.25, -0.2) is 0 Å². The molecule has 1 fully saturated rings. The zero-order chi connectivity index (χ0) is 7.40. The average Bonchev–Trinajstić information content (AvgIpc) is 1.88. The van der Waals surface area contributed by atoms with Crippen molar-refractivity contribution in [1.29, 1.82) is 0 Å². The van der Waals surface area contributed by atoms with E-state index in [1.807, 2.05) is 0 Å². The minimum Gasteiger partial charge on any atom is -0.395 e. The van der Waals surface area contributed by atoms with Gasteiger partial charge in [0.15, 0.2) is 0 Å². The first kappa shape index (κ1) is 7.98. The molecule has 0 amide bonds. The van der Waals surface area contributed by atoms with Crippen LogP contribution in [0.4, 0.5) is 0 Å². The molecule has 1 saturated heterocycles. The molecule has 1 heterocycles. The zero-order valence-electron chi connectivity index (χ0n) is 6.29. The molecule has 3 nitrogen and oxygen atoms in total. The Labute approximate surface area is 61.8 Å². The first-order valence-electron chi connectivity index (χ1n) is 3.91. The second kappa shape index (κ2) is 3.91. The third kappa shape index (κ3) is 2.25. The van der Waals surface area contributed by atoms with Crippen LogP contribution in [0.15, 0.2) is 0 Å². The monoisotopic (exact) mass is 144 g/mol. The molecule has 3 heteroatoms. The predicted molar refractivity (Wildman–Crippen MR) is 40.7 cm³/mol. The lowest BCUT2D eigenvalue weighted by Gasteiger charge is -2.29. The SMILES string of the molecule is N[C@H]1CCCN(CCO)C1. The van der Waals surface area contributed by atoms with E-state index in [1.165, 1.54) is 6.42 Å². The van der Waals surface area contributed by atoms with E-state index in [1.54, 1.807) is 0 Å². The molecule has 0 aromatic carbocycles. The summed E-state index contributed by atoms with van der Waals surface area (Å²) in [7, 11) is 0. The van der Waals surface area contributed by atoms with Crippen molar-refractivity contribution in [1.82, 2.24) is 4.90 Å². The second-order valence-corrected chi connectivity index (χ2v) is 2.93. The molecular weight excluding hydrogens is 128 g/mol. The van der Waals surface area contributed by atoms with E-state index in [9.17, 15) is 0 Å². The minimum absolute atomic E-state index is 0.257. The van der Waals surface area contributed by atoms with Crippen molar-refractivity contribution in [3.05, 3.63) is 0 Å². The average molecular weight is 144 g/mol. The fraction of sp³-hybridized carbons (Fsp3) is 1.00. The summed E-state index contributed by atoms with van der Waals surface area (Å²) in [6, 6.07) is 0.334. The molecule has 0 aromatic heterocycles. The number of nitrogens with two attached hydrogens (primary N) is 1. The Bertz CT molecular complexity index is 95.6. The van der Waals surface area contributed by atoms with Crippen molar-refractivity contribution in [3.63, 3.8) is 0 Å². The van der Waals surface area contributed by atoms with Gasteiger partial charge in [-0.2, -0.15) is 0 Å². The summed E-state index contributed by atoms with van der Waals surface area (Å²) in [5, 5.41) is 8.62. The van der Waals surface area contributed by atoms with Crippen LogP contribution in [0.3, 0.4) is 0 Å². The summed E-state index contributed by atoms with van der Waals surface area (Å²) in [5.41, 5.74) is 5.73. The summed E-state index contributed by atoms with van der Waals surface area (Å²) in [6.45, 7) is 3.11. The topological polar surface area (TPSA) is 49.5 Å². The Morgan fingerprint density at radius 1 is 1.60 bits per heavy atom. The largest absolute Gasteiger partial charge is 0.395 e. The van der Waals surface area contributed by atoms with Crippen LogP contribution >= 0.6 is 0 Å². The van der Waals surface area contributed by atoms with Crippen LogP contribution in [0, 0.1) is 0 Å². The highest BCUT2D eigenvalue weighted by atomic mass is 16.3. The van der Waals surface area contributed by atoms with Gasteiger partial charge in [0.1, 0.15) is 0 Å². The van der Waals surface area contributed by atoms with Gasteiger partial charge < -0.3 is 10.8 Å². The molecule has 10 heavy (non-hydrogen) atoms. The highest BCUT2D eigenvalue weighted by Gasteiger charge is 2.14. The van der Waals surface area contributed by atoms with Gasteiger partial charge in [-0.05, 0) is 19.4 Å². The van der Waals surface area contributed by atoms with Gasteiger partial charge in [-0.1, -0.05) is 0 Å². The highest BCUT2D eigenvalue weighted by Crippen LogP contribution is 2.06. The number of hydrogen-bond donors (Lipinski definition) is 2. The van der Waals surface area contributed by atoms with Crippen molar-refractivity contribution in [2.24, 2.45) is 5.73 Å². The lowest BCUT2D eigenvalue weighted by molar-refractivity contribution is 0.162. The van der Waals surface area contributed by atoms with Gasteiger partial charge in [0, 0.05) is 19.1 Å². The number of aliphatic hydroxyl groups is 1. The van der Waals surface area contributed by atoms with E-state index < -0.39 is 0 Å². The van der Waals surface area contributed by atoms with E-state index in [-0.39, 0.29) is 6.61 Å². The Morgan fingerprint density at radius 3 is 3.00 bits per heavy atom. The van der Waals surface area contributed by atoms with Crippen molar-refractivity contribution in [2.45, 2.75) is 18.9 Å². The molecule has 3 N–H and O–H groups in total. The fourth-order valence-corrected chi connectivity index (χ4v) is 1.44. The quantitative estimate of drug-likeness (QED) is 0.544. The Balaban J connectivity index is 2.18. The molecule has 0 saturated carbocycles. The smallest absolute Gasteiger partial charge is 0.0558 e. The Morgan fingerprint density at radius 2 is 2.40 bits per heavy atom. The van der Waals surface area contributed by atoms with Gasteiger partial charge in [-0.3, -0.25) is 4.90 Å². The van der Waals surface area contributed by atoms with E-state index in [0.717, 1.165) is 26.1 Å². The van der Waals surface area contributed by atoms with Crippen molar-refractivity contribution in [3.8, 4) is 0 Å². The van der Waals surface area contributed by atoms with Crippen molar-refractivity contribution < 1.29 is 5.11 Å². The number of piperidine rings is 1. The van der Waals surface area contributed by atoms with Gasteiger partial charge >= 0.3 is 0 Å². The summed E-state index contributed by atoms with van der Waals surface area (Å²) in [6.07, 6.45) is 2.32. The number of aliphatic hydroxyl groups excluding tert-OH is 1. The maximum Gasteiger partial charge on any atom is 0.0558 e. The van der Waals surface area contributed by atoms with Crippen molar-refractivity contribution in [2.75, 3.05) is 26.2 Å². The Hall–Kier alpha value is -0.120. The maximum atomic E-state index is 8.62. The molecule has 0 aromatic rings. The molecule has 1 aliphatic heterocycles. The first-order valence-corrected chi connectivity index (χ1v) is 3.91. The zero-order valence-corrected chi connectivity index (χ0v) is 6.29. The normalized spacial score (nSPS) is 28.8. The molecule has 1 atom stereocenters. The summed E-state index contributed by atoms with van der Waals surface area (Å²) in [5.74, 6) is 0. The fourth-order valence-electron chi connectivity index (χ4n) is 1.44. The van der Waals surface area contributed by atoms with E-state index in [0.29, 0.717) is 6.04 Å². The Kier molecular flexibility index (Phi) is 3.12. The lowest BCUT2D eigenvalue weighted by Crippen LogP contribution is -2.43. The lowest BCUT2D eigenvalue weighted by atomic mass is 10.1. The maximum absolute atomic E-state index is 8.62. The van der Waals surface area contributed by atoms with Crippen LogP contribution in [-0.2, 0) is 0 Å². The molecule has 0 unspecified atom stereocenters. The predicted octanol–water partition coefficient (Wildman–Crippen LogP) is -0.598. The molecule has 1 rings (SSSR count). The van der Waals surface area contributed by atoms with Gasteiger partial charge in [0.25, 0.3) is 0 Å². The number of likely N-dealkylation sites (tertiary alicyclic amines) is 1.